The van der Waals surface area contributed by atoms with Crippen molar-refractivity contribution in [3.8, 4) is 17.1 Å². The minimum atomic E-state index is -1.03. The lowest BCUT2D eigenvalue weighted by atomic mass is 10.1. The van der Waals surface area contributed by atoms with Crippen molar-refractivity contribution in [1.29, 1.82) is 0 Å². The summed E-state index contributed by atoms with van der Waals surface area (Å²) in [5, 5.41) is 8.71. The standard InChI is InChI=1S/C24H16F3N3O3S/c25-16-8-6-15(7-9-16)23-28-29-24(30(23)18-4-2-1-3-5-18)34-14-22(32)33-13-21(31)19-11-10-17(26)12-20(19)27/h1-12H,13-14H2. The van der Waals surface area contributed by atoms with Crippen LogP contribution in [0.3, 0.4) is 0 Å². The highest BCUT2D eigenvalue weighted by Crippen LogP contribution is 2.28. The average Bonchev–Trinajstić information content (AvgIpc) is 3.26. The third kappa shape index (κ3) is 5.34. The third-order valence-electron chi connectivity index (χ3n) is 4.67. The monoisotopic (exact) mass is 483 g/mol. The number of esters is 1. The normalized spacial score (nSPS) is 10.8. The zero-order valence-corrected chi connectivity index (χ0v) is 18.3. The fraction of sp³-hybridized carbons (Fsp3) is 0.0833. The van der Waals surface area contributed by atoms with E-state index in [2.05, 4.69) is 10.2 Å². The van der Waals surface area contributed by atoms with Crippen LogP contribution >= 0.6 is 11.8 Å². The first-order chi connectivity index (χ1) is 16.4. The van der Waals surface area contributed by atoms with Crippen LogP contribution in [0, 0.1) is 17.5 Å². The smallest absolute Gasteiger partial charge is 0.316 e. The molecular weight excluding hydrogens is 467 g/mol. The van der Waals surface area contributed by atoms with Crippen LogP contribution in [0.1, 0.15) is 10.4 Å². The molecule has 0 fully saturated rings. The molecule has 3 aromatic carbocycles. The zero-order valence-electron chi connectivity index (χ0n) is 17.5. The summed E-state index contributed by atoms with van der Waals surface area (Å²) in [6.07, 6.45) is 0. The summed E-state index contributed by atoms with van der Waals surface area (Å²) < 4.78 is 46.7. The Bertz CT molecular complexity index is 1330. The second-order valence-electron chi connectivity index (χ2n) is 6.98. The van der Waals surface area contributed by atoms with Crippen LogP contribution < -0.4 is 0 Å². The first-order valence-electron chi connectivity index (χ1n) is 9.96. The van der Waals surface area contributed by atoms with Crippen molar-refractivity contribution < 1.29 is 27.5 Å². The number of benzene rings is 3. The molecule has 0 spiro atoms. The number of halogens is 3. The first kappa shape index (κ1) is 23.2. The summed E-state index contributed by atoms with van der Waals surface area (Å²) in [7, 11) is 0. The Labute approximate surface area is 196 Å². The van der Waals surface area contributed by atoms with Gasteiger partial charge in [0.2, 0.25) is 5.78 Å². The highest BCUT2D eigenvalue weighted by atomic mass is 32.2. The van der Waals surface area contributed by atoms with Gasteiger partial charge in [-0.1, -0.05) is 30.0 Å². The van der Waals surface area contributed by atoms with Crippen LogP contribution in [0.2, 0.25) is 0 Å². The quantitative estimate of drug-likeness (QED) is 0.202. The largest absolute Gasteiger partial charge is 0.457 e. The van der Waals surface area contributed by atoms with Crippen LogP contribution in [-0.2, 0) is 9.53 Å². The number of carbonyl (C=O) groups is 2. The number of thioether (sulfide) groups is 1. The molecule has 0 radical (unpaired) electrons. The van der Waals surface area contributed by atoms with E-state index in [0.29, 0.717) is 22.6 Å². The van der Waals surface area contributed by atoms with E-state index < -0.39 is 30.0 Å². The second-order valence-corrected chi connectivity index (χ2v) is 7.92. The van der Waals surface area contributed by atoms with E-state index in [9.17, 15) is 22.8 Å². The topological polar surface area (TPSA) is 74.1 Å². The third-order valence-corrected chi connectivity index (χ3v) is 5.57. The Morgan fingerprint density at radius 2 is 1.59 bits per heavy atom. The van der Waals surface area contributed by atoms with Crippen molar-refractivity contribution in [2.45, 2.75) is 5.16 Å². The number of aromatic nitrogens is 3. The molecule has 1 heterocycles. The van der Waals surface area contributed by atoms with Crippen LogP contribution in [0.5, 0.6) is 0 Å². The molecule has 0 saturated heterocycles. The van der Waals surface area contributed by atoms with Crippen LogP contribution in [0.25, 0.3) is 17.1 Å². The zero-order chi connectivity index (χ0) is 24.1. The van der Waals surface area contributed by atoms with E-state index >= 15 is 0 Å². The molecule has 0 amide bonds. The number of ether oxygens (including phenoxy) is 1. The Morgan fingerprint density at radius 1 is 0.882 bits per heavy atom. The molecule has 10 heteroatoms. The molecule has 0 aliphatic rings. The molecule has 0 aliphatic carbocycles. The molecule has 4 rings (SSSR count). The number of ketones is 1. The lowest BCUT2D eigenvalue weighted by molar-refractivity contribution is -0.139. The van der Waals surface area contributed by atoms with Gasteiger partial charge in [0, 0.05) is 17.3 Å². The number of nitrogens with zero attached hydrogens (tertiary/aromatic N) is 3. The minimum absolute atomic E-state index is 0.201. The second kappa shape index (κ2) is 10.3. The number of hydrogen-bond donors (Lipinski definition) is 0. The number of Topliss-reactive ketones (excluding diaryl/α,β-unsaturated/α-hetero) is 1. The highest BCUT2D eigenvalue weighted by Gasteiger charge is 2.19. The Kier molecular flexibility index (Phi) is 7.07. The van der Waals surface area contributed by atoms with Crippen molar-refractivity contribution in [1.82, 2.24) is 14.8 Å². The summed E-state index contributed by atoms with van der Waals surface area (Å²) >= 11 is 1.03. The molecule has 4 aromatic rings. The van der Waals surface area contributed by atoms with Gasteiger partial charge in [-0.15, -0.1) is 10.2 Å². The van der Waals surface area contributed by atoms with E-state index in [1.807, 2.05) is 30.3 Å². The molecule has 34 heavy (non-hydrogen) atoms. The summed E-state index contributed by atoms with van der Waals surface area (Å²) in [5.74, 6) is -3.50. The van der Waals surface area contributed by atoms with Crippen LogP contribution in [0.4, 0.5) is 13.2 Å². The number of hydrogen-bond acceptors (Lipinski definition) is 6. The van der Waals surface area contributed by atoms with E-state index in [4.69, 9.17) is 4.74 Å². The molecule has 6 nitrogen and oxygen atoms in total. The molecule has 0 unspecified atom stereocenters. The van der Waals surface area contributed by atoms with Crippen molar-refractivity contribution in [2.24, 2.45) is 0 Å². The van der Waals surface area contributed by atoms with Gasteiger partial charge in [0.1, 0.15) is 17.5 Å². The van der Waals surface area contributed by atoms with Gasteiger partial charge < -0.3 is 4.74 Å². The van der Waals surface area contributed by atoms with Crippen molar-refractivity contribution in [3.05, 3.63) is 95.8 Å². The minimum Gasteiger partial charge on any atom is -0.457 e. The van der Waals surface area contributed by atoms with Gasteiger partial charge in [-0.2, -0.15) is 0 Å². The van der Waals surface area contributed by atoms with Gasteiger partial charge in [0.25, 0.3) is 0 Å². The maximum atomic E-state index is 13.7. The first-order valence-corrected chi connectivity index (χ1v) is 10.9. The maximum absolute atomic E-state index is 13.7. The predicted molar refractivity (Wildman–Crippen MR) is 119 cm³/mol. The number of rotatable bonds is 8. The van der Waals surface area contributed by atoms with Crippen LogP contribution in [0.15, 0.2) is 78.0 Å². The van der Waals surface area contributed by atoms with Gasteiger partial charge in [0.05, 0.1) is 11.3 Å². The highest BCUT2D eigenvalue weighted by molar-refractivity contribution is 7.99. The Hall–Kier alpha value is -3.92. The average molecular weight is 483 g/mol. The van der Waals surface area contributed by atoms with Gasteiger partial charge in [-0.3, -0.25) is 14.2 Å². The fourth-order valence-corrected chi connectivity index (χ4v) is 3.81. The lowest BCUT2D eigenvalue weighted by Gasteiger charge is -2.10. The number of carbonyl (C=O) groups excluding carboxylic acids is 2. The van der Waals surface area contributed by atoms with E-state index in [-0.39, 0.29) is 17.1 Å². The fourth-order valence-electron chi connectivity index (χ4n) is 3.06. The van der Waals surface area contributed by atoms with Crippen molar-refractivity contribution in [2.75, 3.05) is 12.4 Å². The van der Waals surface area contributed by atoms with Gasteiger partial charge in [0.15, 0.2) is 17.6 Å². The van der Waals surface area contributed by atoms with Gasteiger partial charge >= 0.3 is 5.97 Å². The number of para-hydroxylation sites is 1. The molecule has 0 N–H and O–H groups in total. The van der Waals surface area contributed by atoms with E-state index in [1.54, 1.807) is 16.7 Å². The SMILES string of the molecule is O=C(CSc1nnc(-c2ccc(F)cc2)n1-c1ccccc1)OCC(=O)c1ccc(F)cc1F. The van der Waals surface area contributed by atoms with Crippen molar-refractivity contribution in [3.63, 3.8) is 0 Å². The summed E-state index contributed by atoms with van der Waals surface area (Å²) in [4.78, 5) is 24.3. The summed E-state index contributed by atoms with van der Waals surface area (Å²) in [6, 6.07) is 17.4. The van der Waals surface area contributed by atoms with Crippen LogP contribution in [-0.4, -0.2) is 38.9 Å². The maximum Gasteiger partial charge on any atom is 0.316 e. The lowest BCUT2D eigenvalue weighted by Crippen LogP contribution is -2.17. The molecular formula is C24H16F3N3O3S. The Balaban J connectivity index is 1.47. The Morgan fingerprint density at radius 3 is 2.29 bits per heavy atom. The molecule has 1 aromatic heterocycles. The molecule has 0 aliphatic heterocycles. The van der Waals surface area contributed by atoms with Crippen molar-refractivity contribution >= 4 is 23.5 Å². The van der Waals surface area contributed by atoms with Gasteiger partial charge in [-0.05, 0) is 48.5 Å². The molecule has 0 saturated carbocycles. The predicted octanol–water partition coefficient (Wildman–Crippen LogP) is 4.87. The van der Waals surface area contributed by atoms with E-state index in [0.717, 1.165) is 29.6 Å². The summed E-state index contributed by atoms with van der Waals surface area (Å²) in [5.41, 5.74) is 0.985. The summed E-state index contributed by atoms with van der Waals surface area (Å²) in [6.45, 7) is -0.686. The van der Waals surface area contributed by atoms with Gasteiger partial charge in [-0.25, -0.2) is 13.2 Å². The molecule has 0 atom stereocenters. The van der Waals surface area contributed by atoms with E-state index in [1.165, 1.54) is 12.1 Å². The molecule has 0 bridgehead atoms. The molecule has 172 valence electrons.